The monoisotopic (exact) mass is 595 g/mol. The third-order valence-corrected chi connectivity index (χ3v) is 7.59. The number of halogens is 2. The molecule has 4 rings (SSSR count). The van der Waals surface area contributed by atoms with Crippen LogP contribution in [-0.2, 0) is 11.1 Å². The number of carbonyl (C=O) groups is 1. The van der Waals surface area contributed by atoms with Crippen molar-refractivity contribution in [2.24, 2.45) is 5.11 Å². The Kier molecular flexibility index (Phi) is 9.74. The molecule has 222 valence electrons. The second kappa shape index (κ2) is 13.1. The van der Waals surface area contributed by atoms with Gasteiger partial charge in [-0.05, 0) is 99.7 Å². The Labute approximate surface area is 249 Å². The smallest absolute Gasteiger partial charge is 0.163 e. The van der Waals surface area contributed by atoms with Gasteiger partial charge >= 0.3 is 0 Å². The fourth-order valence-electron chi connectivity index (χ4n) is 4.47. The van der Waals surface area contributed by atoms with Crippen LogP contribution >= 0.6 is 11.6 Å². The molecule has 1 aliphatic carbocycles. The largest absolute Gasteiger partial charge is 0.493 e. The number of ether oxygens (including phenoxy) is 2. The number of nitrogens with zero attached hydrogens (tertiary/aromatic N) is 4. The zero-order chi connectivity index (χ0) is 30.5. The van der Waals surface area contributed by atoms with Crippen LogP contribution < -0.4 is 14.8 Å². The highest BCUT2D eigenvalue weighted by Gasteiger charge is 2.30. The summed E-state index contributed by atoms with van der Waals surface area (Å²) in [6.45, 7) is 6.20. The van der Waals surface area contributed by atoms with Gasteiger partial charge in [0, 0.05) is 41.1 Å². The summed E-state index contributed by atoms with van der Waals surface area (Å²) in [6, 6.07) is 13.1. The quantitative estimate of drug-likeness (QED) is 0.0672. The van der Waals surface area contributed by atoms with Crippen LogP contribution in [-0.4, -0.2) is 42.2 Å². The number of aliphatic hydroxyl groups is 1. The van der Waals surface area contributed by atoms with Crippen molar-refractivity contribution < 1.29 is 23.8 Å². The Morgan fingerprint density at radius 1 is 1.19 bits per heavy atom. The van der Waals surface area contributed by atoms with Crippen molar-refractivity contribution in [2.75, 3.05) is 20.2 Å². The van der Waals surface area contributed by atoms with Crippen molar-refractivity contribution >= 4 is 17.4 Å². The molecule has 0 radical (unpaired) electrons. The van der Waals surface area contributed by atoms with Gasteiger partial charge in [0.05, 0.1) is 29.6 Å². The molecule has 0 spiro atoms. The Bertz CT molecular complexity index is 1500. The molecule has 1 aromatic heterocycles. The number of aromatic nitrogens is 1. The first-order valence-electron chi connectivity index (χ1n) is 13.8. The highest BCUT2D eigenvalue weighted by Crippen LogP contribution is 2.36. The van der Waals surface area contributed by atoms with E-state index >= 15 is 0 Å². The Hall–Kier alpha value is -3.69. The Balaban J connectivity index is 1.60. The molecule has 0 aliphatic heterocycles. The van der Waals surface area contributed by atoms with E-state index in [2.05, 4.69) is 15.3 Å². The number of Topliss-reactive ketones (excluding diaryl/α,β-unsaturated/α-hetero) is 1. The van der Waals surface area contributed by atoms with Crippen molar-refractivity contribution in [2.45, 2.75) is 63.7 Å². The van der Waals surface area contributed by atoms with Crippen LogP contribution in [0.3, 0.4) is 0 Å². The van der Waals surface area contributed by atoms with Gasteiger partial charge in [-0.15, -0.1) is 0 Å². The van der Waals surface area contributed by atoms with Crippen LogP contribution in [0.25, 0.3) is 21.7 Å². The average molecular weight is 596 g/mol. The van der Waals surface area contributed by atoms with Crippen LogP contribution in [0, 0.1) is 5.82 Å². The number of carbonyl (C=O) groups excluding carboxylic acids is 1. The van der Waals surface area contributed by atoms with E-state index in [9.17, 15) is 14.3 Å². The molecule has 0 bridgehead atoms. The van der Waals surface area contributed by atoms with Gasteiger partial charge in [0.15, 0.2) is 17.3 Å². The summed E-state index contributed by atoms with van der Waals surface area (Å²) < 4.78 is 25.2. The third kappa shape index (κ3) is 7.77. The minimum absolute atomic E-state index is 0.0469. The number of ketones is 1. The van der Waals surface area contributed by atoms with Gasteiger partial charge in [-0.2, -0.15) is 0 Å². The first-order valence-corrected chi connectivity index (χ1v) is 14.2. The first-order chi connectivity index (χ1) is 19.9. The average Bonchev–Trinajstić information content (AvgIpc) is 3.79. The lowest BCUT2D eigenvalue weighted by Crippen LogP contribution is -2.38. The molecule has 1 fully saturated rings. The van der Waals surface area contributed by atoms with E-state index in [-0.39, 0.29) is 36.3 Å². The summed E-state index contributed by atoms with van der Waals surface area (Å²) in [4.78, 5) is 20.7. The second-order valence-electron chi connectivity index (χ2n) is 11.1. The van der Waals surface area contributed by atoms with Gasteiger partial charge < -0.3 is 19.9 Å². The van der Waals surface area contributed by atoms with E-state index < -0.39 is 17.0 Å². The molecule has 0 amide bonds. The minimum atomic E-state index is -1.48. The molecule has 9 nitrogen and oxygen atoms in total. The number of pyridine rings is 1. The van der Waals surface area contributed by atoms with E-state index in [0.29, 0.717) is 40.6 Å². The van der Waals surface area contributed by atoms with Gasteiger partial charge in [0.1, 0.15) is 11.4 Å². The molecule has 11 heteroatoms. The van der Waals surface area contributed by atoms with E-state index in [1.807, 2.05) is 19.9 Å². The molecule has 3 aromatic rings. The predicted molar refractivity (Wildman–Crippen MR) is 159 cm³/mol. The van der Waals surface area contributed by atoms with Gasteiger partial charge in [0.25, 0.3) is 0 Å². The van der Waals surface area contributed by atoms with E-state index in [1.165, 1.54) is 19.2 Å². The summed E-state index contributed by atoms with van der Waals surface area (Å²) in [5, 5.41) is 18.5. The maximum absolute atomic E-state index is 13.9. The summed E-state index contributed by atoms with van der Waals surface area (Å²) in [5.74, 6) is 0.389. The molecule has 2 N–H and O–H groups in total. The lowest BCUT2D eigenvalue weighted by Gasteiger charge is -2.30. The van der Waals surface area contributed by atoms with Crippen LogP contribution in [0.2, 0.25) is 5.02 Å². The zero-order valence-corrected chi connectivity index (χ0v) is 24.9. The normalized spacial score (nSPS) is 14.5. The van der Waals surface area contributed by atoms with Crippen molar-refractivity contribution in [1.29, 1.82) is 0 Å². The Morgan fingerprint density at radius 3 is 2.62 bits per heavy atom. The number of azide groups is 1. The van der Waals surface area contributed by atoms with Crippen LogP contribution in [0.1, 0.15) is 68.1 Å². The topological polar surface area (TPSA) is 129 Å². The van der Waals surface area contributed by atoms with Crippen LogP contribution in [0.5, 0.6) is 11.5 Å². The number of benzene rings is 2. The summed E-state index contributed by atoms with van der Waals surface area (Å²) in [5.41, 5.74) is 9.14. The second-order valence-corrected chi connectivity index (χ2v) is 11.5. The number of rotatable bonds is 14. The molecule has 2 aromatic carbocycles. The fraction of sp³-hybridized carbons (Fsp3) is 0.419. The standard InChI is InChI=1S/C31H35ClFN5O4/c1-30(2,35-13-14-36-38-34)21-17-25(19-5-9-24(33)23(32)15-19)37-29(18-21)31(3,40)12-11-26(39)20-6-10-27(28(16-20)41-4)42-22-7-8-22/h5-6,9-10,15-18,22,35,40H,7-8,11-14H2,1-4H3. The van der Waals surface area contributed by atoms with Crippen molar-refractivity contribution in [3.8, 4) is 22.8 Å². The lowest BCUT2D eigenvalue weighted by molar-refractivity contribution is 0.0396. The predicted octanol–water partition coefficient (Wildman–Crippen LogP) is 7.10. The zero-order valence-electron chi connectivity index (χ0n) is 24.2. The van der Waals surface area contributed by atoms with Gasteiger partial charge in [-0.25, -0.2) is 9.37 Å². The number of methoxy groups -OCH3 is 1. The van der Waals surface area contributed by atoms with Crippen molar-refractivity contribution in [3.05, 3.63) is 86.6 Å². The highest BCUT2D eigenvalue weighted by atomic mass is 35.5. The summed E-state index contributed by atoms with van der Waals surface area (Å²) in [7, 11) is 1.53. The maximum Gasteiger partial charge on any atom is 0.163 e. The highest BCUT2D eigenvalue weighted by molar-refractivity contribution is 6.31. The molecular formula is C31H35ClFN5O4. The minimum Gasteiger partial charge on any atom is -0.493 e. The van der Waals surface area contributed by atoms with E-state index in [0.717, 1.165) is 18.4 Å². The third-order valence-electron chi connectivity index (χ3n) is 7.30. The Morgan fingerprint density at radius 2 is 1.95 bits per heavy atom. The van der Waals surface area contributed by atoms with Crippen LogP contribution in [0.15, 0.2) is 53.6 Å². The SMILES string of the molecule is COc1cc(C(=O)CCC(C)(O)c2cc(C(C)(C)NCCN=[N+]=[N-])cc(-c3ccc(F)c(Cl)c3)n2)ccc1OC1CC1. The number of hydrogen-bond acceptors (Lipinski definition) is 7. The fourth-order valence-corrected chi connectivity index (χ4v) is 4.65. The van der Waals surface area contributed by atoms with Gasteiger partial charge in [-0.1, -0.05) is 16.7 Å². The molecule has 1 atom stereocenters. The van der Waals surface area contributed by atoms with E-state index in [4.69, 9.17) is 31.6 Å². The summed E-state index contributed by atoms with van der Waals surface area (Å²) in [6.07, 6.45) is 2.36. The lowest BCUT2D eigenvalue weighted by atomic mass is 9.87. The molecule has 0 saturated heterocycles. The number of nitrogens with one attached hydrogen (secondary N) is 1. The molecule has 1 unspecified atom stereocenters. The number of hydrogen-bond donors (Lipinski definition) is 2. The molecule has 42 heavy (non-hydrogen) atoms. The van der Waals surface area contributed by atoms with Crippen molar-refractivity contribution in [1.82, 2.24) is 10.3 Å². The van der Waals surface area contributed by atoms with Crippen LogP contribution in [0.4, 0.5) is 4.39 Å². The van der Waals surface area contributed by atoms with Crippen molar-refractivity contribution in [3.63, 3.8) is 0 Å². The maximum atomic E-state index is 13.9. The van der Waals surface area contributed by atoms with Gasteiger partial charge in [-0.3, -0.25) is 4.79 Å². The van der Waals surface area contributed by atoms with Gasteiger partial charge in [0.2, 0.25) is 0 Å². The molecule has 1 heterocycles. The molecule has 1 aliphatic rings. The molecule has 1 saturated carbocycles. The molecular weight excluding hydrogens is 561 g/mol. The first kappa shape index (κ1) is 31.3. The van der Waals surface area contributed by atoms with E-state index in [1.54, 1.807) is 37.3 Å². The summed E-state index contributed by atoms with van der Waals surface area (Å²) >= 11 is 6.06.